The normalized spacial score (nSPS) is 11.1. The third-order valence-corrected chi connectivity index (χ3v) is 9.59. The van der Waals surface area contributed by atoms with Crippen LogP contribution in [0.4, 0.5) is 34.1 Å². The molecule has 0 heterocycles. The molecule has 2 heteroatoms. The van der Waals surface area contributed by atoms with E-state index < -0.39 is 0 Å². The second-order valence-corrected chi connectivity index (χ2v) is 12.6. The van der Waals surface area contributed by atoms with Crippen LogP contribution in [0, 0.1) is 0 Å². The maximum Gasteiger partial charge on any atom is 0.0540 e. The van der Waals surface area contributed by atoms with E-state index >= 15 is 0 Å². The molecule has 0 unspecified atom stereocenters. The summed E-state index contributed by atoms with van der Waals surface area (Å²) in [5.74, 6) is 0. The second-order valence-electron chi connectivity index (χ2n) is 12.6. The molecule has 8 aromatic rings. The Morgan fingerprint density at radius 1 is 0.420 bits per heavy atom. The summed E-state index contributed by atoms with van der Waals surface area (Å²) in [5.41, 5.74) is 11.6. The smallest absolute Gasteiger partial charge is 0.0540 e. The minimum absolute atomic E-state index is 1.02. The fourth-order valence-electron chi connectivity index (χ4n) is 6.91. The number of aryl methyl sites for hydroxylation is 1. The molecule has 0 spiro atoms. The summed E-state index contributed by atoms with van der Waals surface area (Å²) in [6.45, 7) is 6.15. The van der Waals surface area contributed by atoms with Gasteiger partial charge in [-0.3, -0.25) is 0 Å². The van der Waals surface area contributed by atoms with Crippen LogP contribution in [-0.4, -0.2) is 0 Å². The fourth-order valence-corrected chi connectivity index (χ4v) is 6.91. The van der Waals surface area contributed by atoms with E-state index in [0.717, 1.165) is 40.4 Å². The van der Waals surface area contributed by atoms with Crippen LogP contribution in [0.15, 0.2) is 189 Å². The summed E-state index contributed by atoms with van der Waals surface area (Å²) in [7, 11) is 0. The van der Waals surface area contributed by atoms with Gasteiger partial charge in [-0.1, -0.05) is 141 Å². The van der Waals surface area contributed by atoms with Crippen LogP contribution >= 0.6 is 0 Å². The quantitative estimate of drug-likeness (QED) is 0.155. The van der Waals surface area contributed by atoms with E-state index in [1.54, 1.807) is 0 Å². The lowest BCUT2D eigenvalue weighted by atomic mass is 10.0. The van der Waals surface area contributed by atoms with Gasteiger partial charge in [-0.15, -0.1) is 0 Å². The molecule has 0 bridgehead atoms. The van der Waals surface area contributed by atoms with Gasteiger partial charge in [-0.2, -0.15) is 0 Å². The predicted molar refractivity (Wildman–Crippen MR) is 216 cm³/mol. The average molecular weight is 643 g/mol. The van der Waals surface area contributed by atoms with E-state index in [2.05, 4.69) is 205 Å². The van der Waals surface area contributed by atoms with Crippen LogP contribution in [0.5, 0.6) is 0 Å². The summed E-state index contributed by atoms with van der Waals surface area (Å²) in [6.07, 6.45) is 2.90. The number of rotatable bonds is 9. The molecule has 0 saturated heterocycles. The summed E-state index contributed by atoms with van der Waals surface area (Å²) in [4.78, 5) is 4.71. The molecule has 0 atom stereocenters. The van der Waals surface area contributed by atoms with Crippen molar-refractivity contribution in [1.82, 2.24) is 0 Å². The molecule has 0 aliphatic heterocycles. The second kappa shape index (κ2) is 13.6. The van der Waals surface area contributed by atoms with Crippen LogP contribution in [0.1, 0.15) is 18.1 Å². The first kappa shape index (κ1) is 30.9. The number of nitrogens with zero attached hydrogens (tertiary/aromatic N) is 2. The molecule has 0 aliphatic rings. The number of hydrogen-bond acceptors (Lipinski definition) is 2. The van der Waals surface area contributed by atoms with Gasteiger partial charge < -0.3 is 9.80 Å². The summed E-state index contributed by atoms with van der Waals surface area (Å²) in [6, 6.07) is 65.6. The molecular weight excluding hydrogens is 605 g/mol. The Hall–Kier alpha value is -6.38. The highest BCUT2D eigenvalue weighted by Crippen LogP contribution is 2.41. The minimum atomic E-state index is 1.02. The molecule has 0 N–H and O–H groups in total. The third-order valence-electron chi connectivity index (χ3n) is 9.59. The van der Waals surface area contributed by atoms with Crippen molar-refractivity contribution in [3.8, 4) is 11.1 Å². The zero-order valence-corrected chi connectivity index (χ0v) is 28.2. The molecule has 0 fully saturated rings. The van der Waals surface area contributed by atoms with Gasteiger partial charge in [0.25, 0.3) is 0 Å². The lowest BCUT2D eigenvalue weighted by molar-refractivity contribution is 1.14. The Labute approximate surface area is 294 Å². The number of anilines is 6. The van der Waals surface area contributed by atoms with E-state index in [4.69, 9.17) is 0 Å². The summed E-state index contributed by atoms with van der Waals surface area (Å²) >= 11 is 0. The largest absolute Gasteiger partial charge is 0.310 e. The van der Waals surface area contributed by atoms with E-state index in [9.17, 15) is 0 Å². The standard InChI is InChI=1S/C48H38N2/c1-3-35-19-27-41(28-20-35)49(47-17-9-13-39-11-5-7-15-45(39)47)43-31-23-37(24-32-43)38-25-33-44(34-26-38)50(42-29-21-36(4-2)22-30-42)48-18-10-14-40-12-6-8-16-46(40)48/h3,5-34H,1,4H2,2H3. The van der Waals surface area contributed by atoms with Crippen molar-refractivity contribution >= 4 is 61.7 Å². The van der Waals surface area contributed by atoms with Gasteiger partial charge in [0.1, 0.15) is 0 Å². The van der Waals surface area contributed by atoms with E-state index in [1.165, 1.54) is 43.9 Å². The van der Waals surface area contributed by atoms with E-state index in [-0.39, 0.29) is 0 Å². The topological polar surface area (TPSA) is 6.48 Å². The molecular formula is C48H38N2. The van der Waals surface area contributed by atoms with Crippen LogP contribution in [-0.2, 0) is 6.42 Å². The van der Waals surface area contributed by atoms with Gasteiger partial charge in [-0.05, 0) is 100 Å². The number of benzene rings is 8. The SMILES string of the molecule is C=Cc1ccc(N(c2ccc(-c3ccc(N(c4ccc(CC)cc4)c4cccc5ccccc45)cc3)cc2)c2cccc3ccccc23)cc1. The van der Waals surface area contributed by atoms with Gasteiger partial charge in [0.2, 0.25) is 0 Å². The van der Waals surface area contributed by atoms with E-state index in [0.29, 0.717) is 0 Å². The van der Waals surface area contributed by atoms with Crippen molar-refractivity contribution in [3.05, 3.63) is 200 Å². The van der Waals surface area contributed by atoms with Crippen LogP contribution < -0.4 is 9.80 Å². The summed E-state index contributed by atoms with van der Waals surface area (Å²) < 4.78 is 0. The average Bonchev–Trinajstić information content (AvgIpc) is 3.19. The predicted octanol–water partition coefficient (Wildman–Crippen LogP) is 13.8. The molecule has 0 amide bonds. The number of hydrogen-bond donors (Lipinski definition) is 0. The van der Waals surface area contributed by atoms with Crippen molar-refractivity contribution in [2.24, 2.45) is 0 Å². The fraction of sp³-hybridized carbons (Fsp3) is 0.0417. The highest BCUT2D eigenvalue weighted by Gasteiger charge is 2.17. The maximum absolute atomic E-state index is 3.95. The van der Waals surface area contributed by atoms with Crippen molar-refractivity contribution in [1.29, 1.82) is 0 Å². The first-order chi connectivity index (χ1) is 24.7. The van der Waals surface area contributed by atoms with Crippen LogP contribution in [0.3, 0.4) is 0 Å². The lowest BCUT2D eigenvalue weighted by Crippen LogP contribution is -2.10. The summed E-state index contributed by atoms with van der Waals surface area (Å²) in [5, 5.41) is 4.88. The Balaban J connectivity index is 1.16. The first-order valence-corrected chi connectivity index (χ1v) is 17.3. The van der Waals surface area contributed by atoms with Gasteiger partial charge in [0.05, 0.1) is 11.4 Å². The van der Waals surface area contributed by atoms with Gasteiger partial charge in [0.15, 0.2) is 0 Å². The molecule has 2 nitrogen and oxygen atoms in total. The van der Waals surface area contributed by atoms with Gasteiger partial charge in [-0.25, -0.2) is 0 Å². The first-order valence-electron chi connectivity index (χ1n) is 17.3. The zero-order chi connectivity index (χ0) is 33.9. The lowest BCUT2D eigenvalue weighted by Gasteiger charge is -2.27. The molecule has 0 aliphatic carbocycles. The Kier molecular flexibility index (Phi) is 8.42. The monoisotopic (exact) mass is 642 g/mol. The highest BCUT2D eigenvalue weighted by atomic mass is 15.1. The van der Waals surface area contributed by atoms with Crippen molar-refractivity contribution in [2.45, 2.75) is 13.3 Å². The molecule has 0 saturated carbocycles. The Bertz CT molecular complexity index is 2400. The molecule has 8 rings (SSSR count). The Morgan fingerprint density at radius 3 is 1.22 bits per heavy atom. The van der Waals surface area contributed by atoms with Crippen LogP contribution in [0.25, 0.3) is 38.7 Å². The third kappa shape index (κ3) is 5.93. The van der Waals surface area contributed by atoms with Crippen molar-refractivity contribution in [2.75, 3.05) is 9.80 Å². The maximum atomic E-state index is 3.95. The highest BCUT2D eigenvalue weighted by molar-refractivity contribution is 6.00. The molecule has 0 radical (unpaired) electrons. The molecule has 240 valence electrons. The van der Waals surface area contributed by atoms with Gasteiger partial charge >= 0.3 is 0 Å². The molecule has 0 aromatic heterocycles. The zero-order valence-electron chi connectivity index (χ0n) is 28.2. The van der Waals surface area contributed by atoms with E-state index in [1.807, 2.05) is 6.08 Å². The van der Waals surface area contributed by atoms with Crippen LogP contribution in [0.2, 0.25) is 0 Å². The molecule has 50 heavy (non-hydrogen) atoms. The number of fused-ring (bicyclic) bond motifs is 2. The van der Waals surface area contributed by atoms with Crippen molar-refractivity contribution < 1.29 is 0 Å². The minimum Gasteiger partial charge on any atom is -0.310 e. The molecule has 8 aromatic carbocycles. The van der Waals surface area contributed by atoms with Gasteiger partial charge in [0, 0.05) is 33.5 Å². The Morgan fingerprint density at radius 2 is 0.800 bits per heavy atom. The van der Waals surface area contributed by atoms with Crippen molar-refractivity contribution in [3.63, 3.8) is 0 Å².